The monoisotopic (exact) mass is 304 g/mol. The molecule has 1 heterocycles. The molecule has 4 nitrogen and oxygen atoms in total. The third-order valence-electron chi connectivity index (χ3n) is 3.13. The van der Waals surface area contributed by atoms with Crippen LogP contribution in [-0.4, -0.2) is 28.6 Å². The van der Waals surface area contributed by atoms with Crippen LogP contribution >= 0.6 is 24.0 Å². The lowest BCUT2D eigenvalue weighted by Gasteiger charge is -2.38. The number of nitriles is 1. The fraction of sp³-hybridized carbons (Fsp3) is 0.214. The van der Waals surface area contributed by atoms with Crippen LogP contribution in [-0.2, 0) is 10.3 Å². The summed E-state index contributed by atoms with van der Waals surface area (Å²) < 4.78 is 5.18. The van der Waals surface area contributed by atoms with Crippen molar-refractivity contribution in [1.82, 2.24) is 4.90 Å². The van der Waals surface area contributed by atoms with Gasteiger partial charge < -0.3 is 4.74 Å². The minimum Gasteiger partial charge on any atom is -0.452 e. The molecule has 0 N–H and O–H groups in total. The van der Waals surface area contributed by atoms with Gasteiger partial charge in [-0.1, -0.05) is 36.5 Å². The summed E-state index contributed by atoms with van der Waals surface area (Å²) in [6.45, 7) is 0. The first-order valence-electron chi connectivity index (χ1n) is 5.76. The molecule has 0 radical (unpaired) electrons. The van der Waals surface area contributed by atoms with Crippen molar-refractivity contribution in [3.63, 3.8) is 0 Å². The molecule has 2 rings (SSSR count). The second-order valence-electron chi connectivity index (χ2n) is 4.06. The lowest BCUT2D eigenvalue weighted by Crippen LogP contribution is -2.51. The van der Waals surface area contributed by atoms with Crippen molar-refractivity contribution >= 4 is 40.3 Å². The molecular weight excluding hydrogens is 292 g/mol. The maximum atomic E-state index is 12.0. The van der Waals surface area contributed by atoms with Crippen molar-refractivity contribution in [1.29, 1.82) is 5.26 Å². The molecule has 0 bridgehead atoms. The van der Waals surface area contributed by atoms with Crippen LogP contribution in [0.5, 0.6) is 0 Å². The SMILES string of the molecule is COC(=O)N1C=Cc2ccccc2C1(C#N)C(=S)SC. The highest BCUT2D eigenvalue weighted by Crippen LogP contribution is 2.40. The standard InChI is InChI=1S/C14H12N2O2S2/c1-18-13(17)16-8-7-10-5-3-4-6-11(10)14(16,9-15)12(19)20-2/h3-8H,1-2H3. The van der Waals surface area contributed by atoms with E-state index in [1.807, 2.05) is 18.2 Å². The van der Waals surface area contributed by atoms with E-state index in [1.165, 1.54) is 23.8 Å². The van der Waals surface area contributed by atoms with Crippen LogP contribution < -0.4 is 0 Å². The molecule has 1 aromatic rings. The Balaban J connectivity index is 2.73. The minimum atomic E-state index is -1.33. The molecule has 1 unspecified atom stereocenters. The average Bonchev–Trinajstić information content (AvgIpc) is 2.52. The maximum Gasteiger partial charge on any atom is 0.415 e. The Kier molecular flexibility index (Phi) is 4.12. The van der Waals surface area contributed by atoms with Gasteiger partial charge in [0.2, 0.25) is 5.54 Å². The van der Waals surface area contributed by atoms with Crippen LogP contribution in [0.4, 0.5) is 4.79 Å². The number of thioether (sulfide) groups is 1. The quantitative estimate of drug-likeness (QED) is 0.746. The van der Waals surface area contributed by atoms with Gasteiger partial charge >= 0.3 is 6.09 Å². The number of rotatable bonds is 1. The van der Waals surface area contributed by atoms with E-state index in [-0.39, 0.29) is 0 Å². The van der Waals surface area contributed by atoms with Crippen LogP contribution in [0.15, 0.2) is 30.5 Å². The van der Waals surface area contributed by atoms with Gasteiger partial charge in [-0.15, -0.1) is 11.8 Å². The number of hydrogen-bond acceptors (Lipinski definition) is 5. The summed E-state index contributed by atoms with van der Waals surface area (Å²) in [4.78, 5) is 13.2. The molecule has 0 fully saturated rings. The van der Waals surface area contributed by atoms with E-state index in [2.05, 4.69) is 6.07 Å². The Morgan fingerprint density at radius 3 is 2.80 bits per heavy atom. The molecule has 1 aliphatic heterocycles. The molecule has 1 amide bonds. The highest BCUT2D eigenvalue weighted by molar-refractivity contribution is 8.22. The zero-order valence-corrected chi connectivity index (χ0v) is 12.6. The lowest BCUT2D eigenvalue weighted by atomic mass is 9.85. The topological polar surface area (TPSA) is 53.3 Å². The second kappa shape index (κ2) is 5.65. The number of fused-ring (bicyclic) bond motifs is 1. The van der Waals surface area contributed by atoms with Gasteiger partial charge in [0.05, 0.1) is 11.3 Å². The van der Waals surface area contributed by atoms with Crippen molar-refractivity contribution in [2.24, 2.45) is 0 Å². The fourth-order valence-electron chi connectivity index (χ4n) is 2.18. The normalized spacial score (nSPS) is 19.9. The van der Waals surface area contributed by atoms with E-state index in [4.69, 9.17) is 17.0 Å². The molecule has 1 aliphatic rings. The highest BCUT2D eigenvalue weighted by atomic mass is 32.2. The number of nitrogens with zero attached hydrogens (tertiary/aromatic N) is 2. The first-order valence-corrected chi connectivity index (χ1v) is 7.39. The van der Waals surface area contributed by atoms with Gasteiger partial charge in [-0.25, -0.2) is 4.79 Å². The van der Waals surface area contributed by atoms with Gasteiger partial charge in [0.1, 0.15) is 6.07 Å². The first-order chi connectivity index (χ1) is 9.61. The summed E-state index contributed by atoms with van der Waals surface area (Å²) in [6, 6.07) is 9.59. The first kappa shape index (κ1) is 14.6. The van der Waals surface area contributed by atoms with Crippen molar-refractivity contribution in [2.75, 3.05) is 13.4 Å². The molecule has 102 valence electrons. The number of carbonyl (C=O) groups is 1. The summed E-state index contributed by atoms with van der Waals surface area (Å²) in [5.74, 6) is 0. The second-order valence-corrected chi connectivity index (χ2v) is 5.54. The molecule has 1 aromatic carbocycles. The van der Waals surface area contributed by atoms with Crippen molar-refractivity contribution in [2.45, 2.75) is 5.54 Å². The van der Waals surface area contributed by atoms with E-state index < -0.39 is 11.6 Å². The van der Waals surface area contributed by atoms with Crippen molar-refractivity contribution < 1.29 is 9.53 Å². The number of thiocarbonyl (C=S) groups is 1. The van der Waals surface area contributed by atoms with Crippen LogP contribution in [0, 0.1) is 11.3 Å². The highest BCUT2D eigenvalue weighted by Gasteiger charge is 2.48. The van der Waals surface area contributed by atoms with Crippen LogP contribution in [0.25, 0.3) is 6.08 Å². The van der Waals surface area contributed by atoms with E-state index in [0.29, 0.717) is 9.76 Å². The summed E-state index contributed by atoms with van der Waals surface area (Å²) in [5.41, 5.74) is 0.230. The molecule has 0 spiro atoms. The number of hydrogen-bond donors (Lipinski definition) is 0. The summed E-state index contributed by atoms with van der Waals surface area (Å²) in [7, 11) is 1.28. The summed E-state index contributed by atoms with van der Waals surface area (Å²) in [6.07, 6.45) is 4.48. The van der Waals surface area contributed by atoms with E-state index in [0.717, 1.165) is 5.56 Å². The average molecular weight is 304 g/mol. The molecule has 1 atom stereocenters. The van der Waals surface area contributed by atoms with Crippen LogP contribution in [0.1, 0.15) is 11.1 Å². The molecule has 0 aliphatic carbocycles. The van der Waals surface area contributed by atoms with E-state index in [1.54, 1.807) is 24.6 Å². The number of ether oxygens (including phenoxy) is 1. The predicted octanol–water partition coefficient (Wildman–Crippen LogP) is 3.15. The van der Waals surface area contributed by atoms with Gasteiger partial charge in [-0.3, -0.25) is 4.90 Å². The van der Waals surface area contributed by atoms with Gasteiger partial charge in [0.15, 0.2) is 0 Å². The smallest absolute Gasteiger partial charge is 0.415 e. The fourth-order valence-corrected chi connectivity index (χ4v) is 2.98. The molecule has 0 saturated carbocycles. The number of benzene rings is 1. The molecule has 0 saturated heterocycles. The molecule has 20 heavy (non-hydrogen) atoms. The van der Waals surface area contributed by atoms with Gasteiger partial charge in [-0.2, -0.15) is 5.26 Å². The van der Waals surface area contributed by atoms with Gasteiger partial charge in [0.25, 0.3) is 0 Å². The van der Waals surface area contributed by atoms with Crippen LogP contribution in [0.3, 0.4) is 0 Å². The molecule has 0 aromatic heterocycles. The largest absolute Gasteiger partial charge is 0.452 e. The third-order valence-corrected chi connectivity index (χ3v) is 4.59. The molecular formula is C14H12N2O2S2. The zero-order chi connectivity index (χ0) is 14.8. The third kappa shape index (κ3) is 1.99. The Bertz CT molecular complexity index is 636. The molecule has 6 heteroatoms. The summed E-state index contributed by atoms with van der Waals surface area (Å²) >= 11 is 6.64. The zero-order valence-electron chi connectivity index (χ0n) is 11.0. The van der Waals surface area contributed by atoms with Gasteiger partial charge in [0, 0.05) is 11.8 Å². The number of amides is 1. The Morgan fingerprint density at radius 2 is 2.20 bits per heavy atom. The number of carbonyl (C=O) groups excluding carboxylic acids is 1. The maximum absolute atomic E-state index is 12.0. The lowest BCUT2D eigenvalue weighted by molar-refractivity contribution is 0.125. The Labute approximate surface area is 127 Å². The Morgan fingerprint density at radius 1 is 1.50 bits per heavy atom. The van der Waals surface area contributed by atoms with Crippen molar-refractivity contribution in [3.8, 4) is 6.07 Å². The number of methoxy groups -OCH3 is 1. The van der Waals surface area contributed by atoms with E-state index >= 15 is 0 Å². The van der Waals surface area contributed by atoms with Crippen LogP contribution in [0.2, 0.25) is 0 Å². The predicted molar refractivity (Wildman–Crippen MR) is 83.1 cm³/mol. The Hall–Kier alpha value is -1.84. The minimum absolute atomic E-state index is 0.405. The van der Waals surface area contributed by atoms with Gasteiger partial charge in [-0.05, 0) is 17.9 Å². The summed E-state index contributed by atoms with van der Waals surface area (Å²) in [5, 5.41) is 9.77. The van der Waals surface area contributed by atoms with Crippen molar-refractivity contribution in [3.05, 3.63) is 41.6 Å². The van der Waals surface area contributed by atoms with E-state index in [9.17, 15) is 10.1 Å².